The second kappa shape index (κ2) is 7.89. The van der Waals surface area contributed by atoms with Crippen LogP contribution in [-0.4, -0.2) is 18.0 Å². The summed E-state index contributed by atoms with van der Waals surface area (Å²) in [6.45, 7) is 4.06. The van der Waals surface area contributed by atoms with E-state index in [0.717, 1.165) is 10.9 Å². The zero-order valence-electron chi connectivity index (χ0n) is 16.2. The molecule has 0 atom stereocenters. The van der Waals surface area contributed by atoms with E-state index in [9.17, 15) is 4.79 Å². The van der Waals surface area contributed by atoms with Crippen molar-refractivity contribution >= 4 is 39.0 Å². The minimum Gasteiger partial charge on any atom is -0.493 e. The highest BCUT2D eigenvalue weighted by atomic mass is 32.1. The molecule has 0 aliphatic rings. The number of fused-ring (bicyclic) bond motifs is 1. The van der Waals surface area contributed by atoms with E-state index in [0.29, 0.717) is 27.7 Å². The summed E-state index contributed by atoms with van der Waals surface area (Å²) in [6.07, 6.45) is 1.64. The van der Waals surface area contributed by atoms with Gasteiger partial charge < -0.3 is 9.15 Å². The number of aryl methyl sites for hydroxylation is 2. The van der Waals surface area contributed by atoms with Gasteiger partial charge in [-0.1, -0.05) is 18.2 Å². The van der Waals surface area contributed by atoms with Crippen molar-refractivity contribution in [1.29, 1.82) is 0 Å². The molecule has 29 heavy (non-hydrogen) atoms. The van der Waals surface area contributed by atoms with Gasteiger partial charge in [-0.25, -0.2) is 9.98 Å². The molecule has 0 aliphatic carbocycles. The molecule has 0 spiro atoms. The van der Waals surface area contributed by atoms with E-state index in [1.165, 1.54) is 16.9 Å². The molecule has 2 aromatic heterocycles. The molecule has 1 amide bonds. The number of hydrogen-bond acceptors (Lipinski definition) is 6. The Balaban J connectivity index is 1.92. The number of benzene rings is 2. The van der Waals surface area contributed by atoms with Crippen molar-refractivity contribution in [3.8, 4) is 5.75 Å². The van der Waals surface area contributed by atoms with Crippen molar-refractivity contribution in [2.75, 3.05) is 12.4 Å². The summed E-state index contributed by atoms with van der Waals surface area (Å²) in [4.78, 5) is 21.7. The number of nitrogens with one attached hydrogen (secondary N) is 1. The van der Waals surface area contributed by atoms with Crippen LogP contribution in [0.2, 0.25) is 0 Å². The first-order valence-corrected chi connectivity index (χ1v) is 9.87. The van der Waals surface area contributed by atoms with Crippen LogP contribution < -0.4 is 15.6 Å². The molecule has 0 bridgehead atoms. The van der Waals surface area contributed by atoms with Crippen LogP contribution in [0.4, 0.5) is 10.8 Å². The van der Waals surface area contributed by atoms with Crippen LogP contribution in [0.1, 0.15) is 21.5 Å². The third-order valence-corrected chi connectivity index (χ3v) is 5.27. The van der Waals surface area contributed by atoms with Gasteiger partial charge in [-0.15, -0.1) is 11.3 Å². The number of anilines is 1. The average molecular weight is 405 g/mol. The van der Waals surface area contributed by atoms with Gasteiger partial charge in [0.15, 0.2) is 16.5 Å². The van der Waals surface area contributed by atoms with Gasteiger partial charge in [0, 0.05) is 17.0 Å². The maximum absolute atomic E-state index is 12.9. The zero-order chi connectivity index (χ0) is 20.4. The van der Waals surface area contributed by atoms with E-state index >= 15 is 0 Å². The van der Waals surface area contributed by atoms with Crippen LogP contribution >= 0.6 is 11.3 Å². The summed E-state index contributed by atoms with van der Waals surface area (Å²) in [5.74, 6) is 0.238. The number of para-hydroxylation sites is 1. The van der Waals surface area contributed by atoms with Gasteiger partial charge >= 0.3 is 0 Å². The summed E-state index contributed by atoms with van der Waals surface area (Å²) in [7, 11) is 1.58. The standard InChI is InChI=1S/C22H19N3O3S/c1-13-7-8-16(11-14(13)2)24-21-17(20(26)25-22-23-9-10-29-22)12-15-5-4-6-18(27-3)19(15)28-21/h4-12H,1-3H3,(H,23,25,26). The zero-order valence-corrected chi connectivity index (χ0v) is 17.0. The number of methoxy groups -OCH3 is 1. The molecule has 7 heteroatoms. The fourth-order valence-corrected chi connectivity index (χ4v) is 3.42. The second-order valence-electron chi connectivity index (χ2n) is 6.52. The van der Waals surface area contributed by atoms with E-state index in [4.69, 9.17) is 9.15 Å². The van der Waals surface area contributed by atoms with Crippen molar-refractivity contribution in [2.45, 2.75) is 13.8 Å². The van der Waals surface area contributed by atoms with Gasteiger partial charge in [-0.05, 0) is 49.2 Å². The fraction of sp³-hybridized carbons (Fsp3) is 0.136. The summed E-state index contributed by atoms with van der Waals surface area (Å²) < 4.78 is 11.5. The maximum Gasteiger partial charge on any atom is 0.262 e. The van der Waals surface area contributed by atoms with Gasteiger partial charge in [0.25, 0.3) is 5.91 Å². The Hall–Kier alpha value is -3.45. The van der Waals surface area contributed by atoms with Gasteiger partial charge in [-0.2, -0.15) is 0 Å². The first kappa shape index (κ1) is 18.9. The Morgan fingerprint density at radius 3 is 2.76 bits per heavy atom. The lowest BCUT2D eigenvalue weighted by Gasteiger charge is -2.08. The quantitative estimate of drug-likeness (QED) is 0.518. The highest BCUT2D eigenvalue weighted by molar-refractivity contribution is 7.13. The summed E-state index contributed by atoms with van der Waals surface area (Å²) in [5.41, 5.74) is 4.04. The molecule has 1 N–H and O–H groups in total. The number of thiazole rings is 1. The van der Waals surface area contributed by atoms with Crippen LogP contribution in [0.3, 0.4) is 0 Å². The SMILES string of the molecule is COc1cccc2cc(C(=O)Nc3nccs3)c(=Nc3ccc(C)c(C)c3)oc12. The van der Waals surface area contributed by atoms with Crippen molar-refractivity contribution in [1.82, 2.24) is 4.98 Å². The highest BCUT2D eigenvalue weighted by Gasteiger charge is 2.16. The molecule has 2 aromatic carbocycles. The van der Waals surface area contributed by atoms with Crippen LogP contribution in [0.5, 0.6) is 5.75 Å². The molecule has 2 heterocycles. The van der Waals surface area contributed by atoms with E-state index in [1.807, 2.05) is 44.2 Å². The number of ether oxygens (including phenoxy) is 1. The Morgan fingerprint density at radius 2 is 2.03 bits per heavy atom. The van der Waals surface area contributed by atoms with Gasteiger partial charge in [-0.3, -0.25) is 10.1 Å². The number of nitrogens with zero attached hydrogens (tertiary/aromatic N) is 2. The van der Waals surface area contributed by atoms with Crippen molar-refractivity contribution in [3.05, 3.63) is 76.3 Å². The maximum atomic E-state index is 12.9. The largest absolute Gasteiger partial charge is 0.493 e. The van der Waals surface area contributed by atoms with E-state index in [2.05, 4.69) is 15.3 Å². The van der Waals surface area contributed by atoms with Gasteiger partial charge in [0.05, 0.1) is 12.8 Å². The van der Waals surface area contributed by atoms with E-state index < -0.39 is 0 Å². The lowest BCUT2D eigenvalue weighted by molar-refractivity contribution is 0.102. The number of carbonyl (C=O) groups excluding carboxylic acids is 1. The molecular formula is C22H19N3O3S. The molecule has 4 aromatic rings. The van der Waals surface area contributed by atoms with Crippen LogP contribution in [0.25, 0.3) is 11.0 Å². The van der Waals surface area contributed by atoms with Gasteiger partial charge in [0.2, 0.25) is 5.55 Å². The Morgan fingerprint density at radius 1 is 1.17 bits per heavy atom. The molecule has 0 aliphatic heterocycles. The minimum absolute atomic E-state index is 0.208. The monoisotopic (exact) mass is 405 g/mol. The number of hydrogen-bond donors (Lipinski definition) is 1. The Labute approximate surface area is 171 Å². The molecule has 0 radical (unpaired) electrons. The van der Waals surface area contributed by atoms with E-state index in [-0.39, 0.29) is 11.5 Å². The summed E-state index contributed by atoms with van der Waals surface area (Å²) in [5, 5.41) is 5.85. The van der Waals surface area contributed by atoms with Crippen LogP contribution in [-0.2, 0) is 0 Å². The second-order valence-corrected chi connectivity index (χ2v) is 7.41. The predicted octanol–water partition coefficient (Wildman–Crippen LogP) is 5.00. The number of carbonyl (C=O) groups is 1. The molecule has 0 fully saturated rings. The predicted molar refractivity (Wildman–Crippen MR) is 114 cm³/mol. The first-order chi connectivity index (χ1) is 14.0. The third-order valence-electron chi connectivity index (χ3n) is 4.58. The fourth-order valence-electron chi connectivity index (χ4n) is 2.89. The lowest BCUT2D eigenvalue weighted by Crippen LogP contribution is -2.21. The molecule has 0 unspecified atom stereocenters. The summed E-state index contributed by atoms with van der Waals surface area (Å²) in [6, 6.07) is 13.1. The smallest absolute Gasteiger partial charge is 0.262 e. The van der Waals surface area contributed by atoms with Crippen molar-refractivity contribution in [3.63, 3.8) is 0 Å². The number of amides is 1. The van der Waals surface area contributed by atoms with Crippen LogP contribution in [0.15, 0.2) is 63.5 Å². The summed E-state index contributed by atoms with van der Waals surface area (Å²) >= 11 is 1.34. The average Bonchev–Trinajstić information content (AvgIpc) is 3.22. The Kier molecular flexibility index (Phi) is 5.14. The molecule has 0 saturated carbocycles. The van der Waals surface area contributed by atoms with Crippen molar-refractivity contribution < 1.29 is 13.9 Å². The number of aromatic nitrogens is 1. The lowest BCUT2D eigenvalue weighted by atomic mass is 10.1. The van der Waals surface area contributed by atoms with Crippen molar-refractivity contribution in [2.24, 2.45) is 4.99 Å². The molecule has 6 nitrogen and oxygen atoms in total. The molecule has 4 rings (SSSR count). The van der Waals surface area contributed by atoms with E-state index in [1.54, 1.807) is 30.8 Å². The Bertz CT molecular complexity index is 1260. The molecule has 0 saturated heterocycles. The third kappa shape index (κ3) is 3.90. The minimum atomic E-state index is -0.337. The highest BCUT2D eigenvalue weighted by Crippen LogP contribution is 2.25. The normalized spacial score (nSPS) is 11.6. The molecule has 146 valence electrons. The van der Waals surface area contributed by atoms with Gasteiger partial charge in [0.1, 0.15) is 5.56 Å². The molecular weight excluding hydrogens is 386 g/mol. The van der Waals surface area contributed by atoms with Crippen LogP contribution in [0, 0.1) is 13.8 Å². The first-order valence-electron chi connectivity index (χ1n) is 8.99. The topological polar surface area (TPSA) is 76.7 Å². The number of rotatable bonds is 4.